The molecule has 0 N–H and O–H groups in total. The summed E-state index contributed by atoms with van der Waals surface area (Å²) in [5.41, 5.74) is 6.69. The molecule has 1 saturated carbocycles. The van der Waals surface area contributed by atoms with Crippen LogP contribution in [-0.2, 0) is 17.7 Å². The lowest BCUT2D eigenvalue weighted by atomic mass is 9.96. The van der Waals surface area contributed by atoms with E-state index in [9.17, 15) is 4.79 Å². The predicted molar refractivity (Wildman–Crippen MR) is 120 cm³/mol. The van der Waals surface area contributed by atoms with Gasteiger partial charge in [0.25, 0.3) is 0 Å². The largest absolute Gasteiger partial charge is 0.465 e. The maximum absolute atomic E-state index is 12.4. The number of carbonyl (C=O) groups is 1. The van der Waals surface area contributed by atoms with Crippen molar-refractivity contribution in [3.63, 3.8) is 0 Å². The van der Waals surface area contributed by atoms with Gasteiger partial charge in [-0.25, -0.2) is 4.79 Å². The first-order valence-corrected chi connectivity index (χ1v) is 10.5. The zero-order chi connectivity index (χ0) is 20.5. The lowest BCUT2D eigenvalue weighted by molar-refractivity contribution is 0.0599. The van der Waals surface area contributed by atoms with Crippen molar-refractivity contribution in [2.24, 2.45) is 0 Å². The minimum atomic E-state index is -0.248. The molecular formula is C27H25NO2. The van der Waals surface area contributed by atoms with Crippen LogP contribution in [0.2, 0.25) is 0 Å². The number of fused-ring (bicyclic) bond motifs is 1. The summed E-state index contributed by atoms with van der Waals surface area (Å²) in [7, 11) is 1.46. The number of benzene rings is 3. The van der Waals surface area contributed by atoms with Gasteiger partial charge in [-0.05, 0) is 77.1 Å². The van der Waals surface area contributed by atoms with E-state index in [4.69, 9.17) is 4.74 Å². The van der Waals surface area contributed by atoms with E-state index in [0.29, 0.717) is 11.5 Å². The topological polar surface area (TPSA) is 31.2 Å². The minimum Gasteiger partial charge on any atom is -0.465 e. The van der Waals surface area contributed by atoms with Gasteiger partial charge in [0.1, 0.15) is 0 Å². The quantitative estimate of drug-likeness (QED) is 0.378. The van der Waals surface area contributed by atoms with E-state index in [1.165, 1.54) is 47.5 Å². The lowest BCUT2D eigenvalue weighted by Gasteiger charge is -2.11. The first-order chi connectivity index (χ1) is 14.7. The molecule has 4 aromatic rings. The van der Waals surface area contributed by atoms with Crippen LogP contribution in [0, 0.1) is 0 Å². The van der Waals surface area contributed by atoms with Gasteiger partial charge in [-0.2, -0.15) is 0 Å². The Morgan fingerprint density at radius 2 is 1.80 bits per heavy atom. The SMILES string of the molecule is COC(=O)c1cc(C2CC2)ccc1Cc1ccc2c(ccn2Cc2ccccc2)c1. The van der Waals surface area contributed by atoms with Crippen molar-refractivity contribution < 1.29 is 9.53 Å². The van der Waals surface area contributed by atoms with Crippen molar-refractivity contribution in [1.82, 2.24) is 4.57 Å². The van der Waals surface area contributed by atoms with E-state index in [0.717, 1.165) is 18.5 Å². The Balaban J connectivity index is 1.42. The third-order valence-corrected chi connectivity index (χ3v) is 6.01. The fourth-order valence-electron chi connectivity index (χ4n) is 4.22. The standard InChI is InChI=1S/C27H25NO2/c1-30-27(29)25-17-22(21-8-9-21)10-11-23(25)15-20-7-12-26-24(16-20)13-14-28(26)18-19-5-3-2-4-6-19/h2-7,10-14,16-17,21H,8-9,15,18H2,1H3. The molecule has 1 aromatic heterocycles. The van der Waals surface area contributed by atoms with Gasteiger partial charge in [0, 0.05) is 18.3 Å². The molecule has 1 heterocycles. The molecule has 150 valence electrons. The number of methoxy groups -OCH3 is 1. The molecule has 1 fully saturated rings. The van der Waals surface area contributed by atoms with Crippen molar-refractivity contribution in [2.75, 3.05) is 7.11 Å². The Morgan fingerprint density at radius 3 is 2.57 bits per heavy atom. The van der Waals surface area contributed by atoms with Crippen LogP contribution < -0.4 is 0 Å². The van der Waals surface area contributed by atoms with Gasteiger partial charge in [-0.15, -0.1) is 0 Å². The van der Waals surface area contributed by atoms with E-state index in [-0.39, 0.29) is 5.97 Å². The highest BCUT2D eigenvalue weighted by atomic mass is 16.5. The fourth-order valence-corrected chi connectivity index (χ4v) is 4.22. The fraction of sp³-hybridized carbons (Fsp3) is 0.222. The molecule has 0 saturated heterocycles. The summed E-state index contributed by atoms with van der Waals surface area (Å²) in [5, 5.41) is 1.22. The van der Waals surface area contributed by atoms with Gasteiger partial charge in [0.2, 0.25) is 0 Å². The summed E-state index contributed by atoms with van der Waals surface area (Å²) in [6.07, 6.45) is 5.30. The molecule has 5 rings (SSSR count). The summed E-state index contributed by atoms with van der Waals surface area (Å²) in [5.74, 6) is 0.366. The number of aromatic nitrogens is 1. The van der Waals surface area contributed by atoms with E-state index in [2.05, 4.69) is 71.4 Å². The first kappa shape index (κ1) is 18.7. The van der Waals surface area contributed by atoms with E-state index in [1.54, 1.807) is 0 Å². The van der Waals surface area contributed by atoms with Crippen molar-refractivity contribution >= 4 is 16.9 Å². The minimum absolute atomic E-state index is 0.248. The van der Waals surface area contributed by atoms with Crippen LogP contribution in [0.15, 0.2) is 79.0 Å². The number of ether oxygens (including phenoxy) is 1. The van der Waals surface area contributed by atoms with Crippen molar-refractivity contribution in [3.8, 4) is 0 Å². The van der Waals surface area contributed by atoms with Gasteiger partial charge in [-0.3, -0.25) is 0 Å². The van der Waals surface area contributed by atoms with E-state index >= 15 is 0 Å². The van der Waals surface area contributed by atoms with Crippen LogP contribution in [-0.4, -0.2) is 17.6 Å². The molecule has 3 nitrogen and oxygen atoms in total. The second kappa shape index (κ2) is 7.83. The molecule has 0 atom stereocenters. The Kier molecular flexibility index (Phi) is 4.88. The molecule has 0 unspecified atom stereocenters. The summed E-state index contributed by atoms with van der Waals surface area (Å²) in [6, 6.07) is 25.6. The summed E-state index contributed by atoms with van der Waals surface area (Å²) in [6.45, 7) is 0.860. The van der Waals surface area contributed by atoms with E-state index in [1.807, 2.05) is 12.1 Å². The second-order valence-electron chi connectivity index (χ2n) is 8.18. The van der Waals surface area contributed by atoms with Crippen LogP contribution in [0.1, 0.15) is 51.4 Å². The normalized spacial score (nSPS) is 13.5. The van der Waals surface area contributed by atoms with E-state index < -0.39 is 0 Å². The molecule has 3 heteroatoms. The van der Waals surface area contributed by atoms with Crippen molar-refractivity contribution in [2.45, 2.75) is 31.7 Å². The number of carbonyl (C=O) groups excluding carboxylic acids is 1. The molecule has 0 radical (unpaired) electrons. The van der Waals surface area contributed by atoms with Crippen LogP contribution in [0.5, 0.6) is 0 Å². The molecule has 30 heavy (non-hydrogen) atoms. The molecular weight excluding hydrogens is 370 g/mol. The number of nitrogens with zero attached hydrogens (tertiary/aromatic N) is 1. The Bertz CT molecular complexity index is 1200. The van der Waals surface area contributed by atoms with Gasteiger partial charge in [0.15, 0.2) is 0 Å². The highest BCUT2D eigenvalue weighted by Gasteiger charge is 2.25. The summed E-state index contributed by atoms with van der Waals surface area (Å²) >= 11 is 0. The number of hydrogen-bond donors (Lipinski definition) is 0. The molecule has 1 aliphatic carbocycles. The summed E-state index contributed by atoms with van der Waals surface area (Å²) < 4.78 is 7.33. The smallest absolute Gasteiger partial charge is 0.338 e. The average Bonchev–Trinajstić information content (AvgIpc) is 3.56. The Hall–Kier alpha value is -3.33. The molecule has 3 aromatic carbocycles. The maximum Gasteiger partial charge on any atom is 0.338 e. The molecule has 0 bridgehead atoms. The number of rotatable bonds is 6. The molecule has 1 aliphatic rings. The van der Waals surface area contributed by atoms with Gasteiger partial charge >= 0.3 is 5.97 Å². The van der Waals surface area contributed by atoms with Gasteiger partial charge < -0.3 is 9.30 Å². The number of hydrogen-bond acceptors (Lipinski definition) is 2. The molecule has 0 aliphatic heterocycles. The summed E-state index contributed by atoms with van der Waals surface area (Å²) in [4.78, 5) is 12.4. The van der Waals surface area contributed by atoms with Crippen LogP contribution in [0.25, 0.3) is 10.9 Å². The zero-order valence-electron chi connectivity index (χ0n) is 17.2. The molecule has 0 amide bonds. The van der Waals surface area contributed by atoms with Gasteiger partial charge in [-0.1, -0.05) is 48.5 Å². The lowest BCUT2D eigenvalue weighted by Crippen LogP contribution is -2.07. The predicted octanol–water partition coefficient (Wildman–Crippen LogP) is 5.94. The monoisotopic (exact) mass is 395 g/mol. The van der Waals surface area contributed by atoms with Crippen LogP contribution in [0.3, 0.4) is 0 Å². The average molecular weight is 396 g/mol. The number of esters is 1. The van der Waals surface area contributed by atoms with Crippen LogP contribution >= 0.6 is 0 Å². The van der Waals surface area contributed by atoms with Crippen LogP contribution in [0.4, 0.5) is 0 Å². The molecule has 0 spiro atoms. The van der Waals surface area contributed by atoms with Gasteiger partial charge in [0.05, 0.1) is 12.7 Å². The third-order valence-electron chi connectivity index (χ3n) is 6.01. The zero-order valence-corrected chi connectivity index (χ0v) is 17.2. The first-order valence-electron chi connectivity index (χ1n) is 10.5. The van der Waals surface area contributed by atoms with Crippen molar-refractivity contribution in [1.29, 1.82) is 0 Å². The Labute approximate surface area is 176 Å². The Morgan fingerprint density at radius 1 is 0.967 bits per heavy atom. The third kappa shape index (κ3) is 3.76. The highest BCUT2D eigenvalue weighted by Crippen LogP contribution is 2.40. The second-order valence-corrected chi connectivity index (χ2v) is 8.18. The highest BCUT2D eigenvalue weighted by molar-refractivity contribution is 5.91. The van der Waals surface area contributed by atoms with Crippen molar-refractivity contribution in [3.05, 3.63) is 107 Å². The maximum atomic E-state index is 12.4.